The number of benzene rings is 2. The Morgan fingerprint density at radius 2 is 1.89 bits per heavy atom. The zero-order valence-electron chi connectivity index (χ0n) is 10.4. The quantitative estimate of drug-likeness (QED) is 0.712. The van der Waals surface area contributed by atoms with Crippen LogP contribution in [0.3, 0.4) is 0 Å². The van der Waals surface area contributed by atoms with Crippen LogP contribution in [-0.2, 0) is 0 Å². The normalized spacial score (nSPS) is 11.9. The lowest BCUT2D eigenvalue weighted by atomic mass is 10.1. The minimum Gasteiger partial charge on any atom is -0.345 e. The fourth-order valence-corrected chi connectivity index (χ4v) is 2.69. The molecule has 0 spiro atoms. The molecule has 0 bridgehead atoms. The topological polar surface area (TPSA) is 29.1 Å². The number of hydrogen-bond donors (Lipinski definition) is 1. The summed E-state index contributed by atoms with van der Waals surface area (Å²) in [5, 5.41) is 3.01. The molecule has 0 aromatic heterocycles. The number of carbonyl (C=O) groups excluding carboxylic acids is 1. The van der Waals surface area contributed by atoms with Crippen molar-refractivity contribution in [3.8, 4) is 0 Å². The molecule has 1 amide bonds. The van der Waals surface area contributed by atoms with Gasteiger partial charge >= 0.3 is 0 Å². The molecule has 2 nitrogen and oxygen atoms in total. The predicted octanol–water partition coefficient (Wildman–Crippen LogP) is 4.54. The first kappa shape index (κ1) is 14.5. The van der Waals surface area contributed by atoms with Crippen LogP contribution >= 0.6 is 38.5 Å². The van der Waals surface area contributed by atoms with Crippen molar-refractivity contribution in [2.45, 2.75) is 13.0 Å². The van der Waals surface area contributed by atoms with Crippen LogP contribution in [0.25, 0.3) is 0 Å². The van der Waals surface area contributed by atoms with E-state index in [1.165, 1.54) is 0 Å². The van der Waals surface area contributed by atoms with Gasteiger partial charge in [-0.25, -0.2) is 0 Å². The van der Waals surface area contributed by atoms with E-state index in [1.54, 1.807) is 0 Å². The molecule has 98 valence electrons. The molecule has 2 aromatic rings. The molecule has 0 heterocycles. The third-order valence-electron chi connectivity index (χ3n) is 2.82. The molecule has 1 atom stereocenters. The maximum absolute atomic E-state index is 12.3. The van der Waals surface area contributed by atoms with E-state index in [0.29, 0.717) is 5.56 Å². The number of carbonyl (C=O) groups is 1. The largest absolute Gasteiger partial charge is 0.345 e. The predicted molar refractivity (Wildman–Crippen MR) is 89.2 cm³/mol. The molecule has 0 unspecified atom stereocenters. The average Bonchev–Trinajstić information content (AvgIpc) is 2.42. The van der Waals surface area contributed by atoms with Crippen LogP contribution < -0.4 is 5.32 Å². The molecule has 0 aliphatic heterocycles. The summed E-state index contributed by atoms with van der Waals surface area (Å²) in [5.41, 5.74) is 1.76. The summed E-state index contributed by atoms with van der Waals surface area (Å²) in [6.45, 7) is 1.98. The number of amides is 1. The maximum Gasteiger partial charge on any atom is 0.252 e. The molecule has 4 heteroatoms. The minimum atomic E-state index is -0.0678. The number of halogens is 2. The van der Waals surface area contributed by atoms with E-state index in [9.17, 15) is 4.79 Å². The average molecular weight is 430 g/mol. The van der Waals surface area contributed by atoms with Gasteiger partial charge in [-0.1, -0.05) is 30.3 Å². The number of hydrogen-bond acceptors (Lipinski definition) is 1. The Morgan fingerprint density at radius 1 is 1.21 bits per heavy atom. The van der Waals surface area contributed by atoms with Gasteiger partial charge in [-0.2, -0.15) is 0 Å². The molecule has 19 heavy (non-hydrogen) atoms. The standard InChI is InChI=1S/C15H13BrINO/c1-10(11-5-3-2-4-6-11)18-15(19)13-9-12(17)7-8-14(13)16/h2-10H,1H3,(H,18,19)/t10-/m1/s1. The molecule has 2 aromatic carbocycles. The van der Waals surface area contributed by atoms with Gasteiger partial charge in [-0.3, -0.25) is 4.79 Å². The van der Waals surface area contributed by atoms with Gasteiger partial charge in [0.2, 0.25) is 0 Å². The highest BCUT2D eigenvalue weighted by atomic mass is 127. The van der Waals surface area contributed by atoms with Crippen molar-refractivity contribution < 1.29 is 4.79 Å². The van der Waals surface area contributed by atoms with E-state index in [4.69, 9.17) is 0 Å². The number of nitrogens with one attached hydrogen (secondary N) is 1. The van der Waals surface area contributed by atoms with Gasteiger partial charge in [0.25, 0.3) is 5.91 Å². The lowest BCUT2D eigenvalue weighted by Crippen LogP contribution is -2.27. The van der Waals surface area contributed by atoms with E-state index in [2.05, 4.69) is 43.8 Å². The molecule has 2 rings (SSSR count). The third-order valence-corrected chi connectivity index (χ3v) is 4.18. The van der Waals surface area contributed by atoms with Crippen molar-refractivity contribution in [3.05, 3.63) is 67.7 Å². The van der Waals surface area contributed by atoms with Gasteiger partial charge in [0.05, 0.1) is 11.6 Å². The SMILES string of the molecule is C[C@@H](NC(=O)c1cc(I)ccc1Br)c1ccccc1. The van der Waals surface area contributed by atoms with Crippen LogP contribution in [0.5, 0.6) is 0 Å². The van der Waals surface area contributed by atoms with E-state index in [-0.39, 0.29) is 11.9 Å². The summed E-state index contributed by atoms with van der Waals surface area (Å²) in [7, 11) is 0. The van der Waals surface area contributed by atoms with Crippen LogP contribution in [0.1, 0.15) is 28.9 Å². The van der Waals surface area contributed by atoms with Crippen LogP contribution in [0, 0.1) is 3.57 Å². The van der Waals surface area contributed by atoms with Crippen molar-refractivity contribution in [3.63, 3.8) is 0 Å². The van der Waals surface area contributed by atoms with Gasteiger partial charge in [-0.05, 0) is 69.2 Å². The van der Waals surface area contributed by atoms with Crippen molar-refractivity contribution in [1.82, 2.24) is 5.32 Å². The Kier molecular flexibility index (Phi) is 4.99. The fraction of sp³-hybridized carbons (Fsp3) is 0.133. The third kappa shape index (κ3) is 3.79. The van der Waals surface area contributed by atoms with Gasteiger partial charge in [0.1, 0.15) is 0 Å². The molecular weight excluding hydrogens is 417 g/mol. The first-order valence-electron chi connectivity index (χ1n) is 5.89. The first-order chi connectivity index (χ1) is 9.08. The molecule has 1 N–H and O–H groups in total. The fourth-order valence-electron chi connectivity index (χ4n) is 1.77. The highest BCUT2D eigenvalue weighted by molar-refractivity contribution is 14.1. The summed E-state index contributed by atoms with van der Waals surface area (Å²) in [6.07, 6.45) is 0. The monoisotopic (exact) mass is 429 g/mol. The Labute approximate surface area is 134 Å². The van der Waals surface area contributed by atoms with Gasteiger partial charge < -0.3 is 5.32 Å². The highest BCUT2D eigenvalue weighted by Crippen LogP contribution is 2.20. The van der Waals surface area contributed by atoms with Crippen molar-refractivity contribution in [1.29, 1.82) is 0 Å². The molecule has 0 aliphatic rings. The Bertz CT molecular complexity index is 586. The van der Waals surface area contributed by atoms with Crippen LogP contribution in [0.4, 0.5) is 0 Å². The summed E-state index contributed by atoms with van der Waals surface area (Å²) in [6, 6.07) is 15.6. The summed E-state index contributed by atoms with van der Waals surface area (Å²) >= 11 is 5.61. The molecule has 0 radical (unpaired) electrons. The second-order valence-electron chi connectivity index (χ2n) is 4.23. The second kappa shape index (κ2) is 6.52. The van der Waals surface area contributed by atoms with Crippen LogP contribution in [0.15, 0.2) is 53.0 Å². The highest BCUT2D eigenvalue weighted by Gasteiger charge is 2.14. The maximum atomic E-state index is 12.3. The van der Waals surface area contributed by atoms with Crippen molar-refractivity contribution >= 4 is 44.4 Å². The zero-order valence-corrected chi connectivity index (χ0v) is 14.1. The first-order valence-corrected chi connectivity index (χ1v) is 7.76. The van der Waals surface area contributed by atoms with Crippen LogP contribution in [0.2, 0.25) is 0 Å². The van der Waals surface area contributed by atoms with Gasteiger partial charge in [0, 0.05) is 8.04 Å². The second-order valence-corrected chi connectivity index (χ2v) is 6.33. The smallest absolute Gasteiger partial charge is 0.252 e. The summed E-state index contributed by atoms with van der Waals surface area (Å²) in [5.74, 6) is -0.0678. The molecular formula is C15H13BrINO. The molecule has 0 saturated carbocycles. The summed E-state index contributed by atoms with van der Waals surface area (Å²) in [4.78, 5) is 12.3. The van der Waals surface area contributed by atoms with Crippen molar-refractivity contribution in [2.24, 2.45) is 0 Å². The molecule has 0 fully saturated rings. The Balaban J connectivity index is 2.15. The lowest BCUT2D eigenvalue weighted by Gasteiger charge is -2.15. The Hall–Kier alpha value is -0.880. The lowest BCUT2D eigenvalue weighted by molar-refractivity contribution is 0.0939. The van der Waals surface area contributed by atoms with E-state index in [1.807, 2.05) is 55.5 Å². The van der Waals surface area contributed by atoms with Gasteiger partial charge in [-0.15, -0.1) is 0 Å². The summed E-state index contributed by atoms with van der Waals surface area (Å²) < 4.78 is 1.85. The van der Waals surface area contributed by atoms with Crippen LogP contribution in [-0.4, -0.2) is 5.91 Å². The zero-order chi connectivity index (χ0) is 13.8. The molecule has 0 aliphatic carbocycles. The Morgan fingerprint density at radius 3 is 2.58 bits per heavy atom. The molecule has 0 saturated heterocycles. The number of rotatable bonds is 3. The van der Waals surface area contributed by atoms with Crippen molar-refractivity contribution in [2.75, 3.05) is 0 Å². The van der Waals surface area contributed by atoms with Gasteiger partial charge in [0.15, 0.2) is 0 Å². The van der Waals surface area contributed by atoms with E-state index in [0.717, 1.165) is 13.6 Å². The van der Waals surface area contributed by atoms with E-state index < -0.39 is 0 Å². The van der Waals surface area contributed by atoms with E-state index >= 15 is 0 Å². The minimum absolute atomic E-state index is 0.0153.